The second-order valence-electron chi connectivity index (χ2n) is 6.13. The minimum absolute atomic E-state index is 0. The number of thioether (sulfide) groups is 1. The SMILES string of the molecule is CCNC(=NCCn1cc(C)cn1)NC1CCCC(SCC)C1.I. The monoisotopic (exact) mass is 465 g/mol. The maximum absolute atomic E-state index is 4.71. The zero-order valence-corrected chi connectivity index (χ0v) is 18.3. The molecular weight excluding hydrogens is 433 g/mol. The first-order valence-electron chi connectivity index (χ1n) is 8.86. The number of hydrogen-bond donors (Lipinski definition) is 2. The third-order valence-corrected chi connectivity index (χ3v) is 5.31. The predicted octanol–water partition coefficient (Wildman–Crippen LogP) is 3.43. The lowest BCUT2D eigenvalue weighted by Crippen LogP contribution is -2.45. The smallest absolute Gasteiger partial charge is 0.191 e. The summed E-state index contributed by atoms with van der Waals surface area (Å²) in [6.07, 6.45) is 9.14. The van der Waals surface area contributed by atoms with E-state index < -0.39 is 0 Å². The summed E-state index contributed by atoms with van der Waals surface area (Å²) in [7, 11) is 0. The second-order valence-corrected chi connectivity index (χ2v) is 7.70. The van der Waals surface area contributed by atoms with Crippen LogP contribution in [-0.2, 0) is 6.54 Å². The van der Waals surface area contributed by atoms with E-state index >= 15 is 0 Å². The Morgan fingerprint density at radius 1 is 1.42 bits per heavy atom. The van der Waals surface area contributed by atoms with Crippen molar-refractivity contribution in [3.05, 3.63) is 18.0 Å². The van der Waals surface area contributed by atoms with E-state index in [0.717, 1.165) is 30.8 Å². The number of rotatable bonds is 7. The first-order valence-corrected chi connectivity index (χ1v) is 9.91. The normalized spacial score (nSPS) is 21.2. The van der Waals surface area contributed by atoms with Crippen LogP contribution >= 0.6 is 35.7 Å². The number of aryl methyl sites for hydroxylation is 1. The minimum Gasteiger partial charge on any atom is -0.357 e. The molecule has 0 radical (unpaired) electrons. The molecule has 1 aliphatic rings. The van der Waals surface area contributed by atoms with Crippen LogP contribution in [0.15, 0.2) is 17.4 Å². The summed E-state index contributed by atoms with van der Waals surface area (Å²) in [6.45, 7) is 8.90. The van der Waals surface area contributed by atoms with Crippen molar-refractivity contribution in [2.24, 2.45) is 4.99 Å². The molecule has 0 spiro atoms. The first kappa shape index (κ1) is 21.6. The highest BCUT2D eigenvalue weighted by atomic mass is 127. The van der Waals surface area contributed by atoms with Crippen LogP contribution in [-0.4, -0.2) is 45.9 Å². The van der Waals surface area contributed by atoms with Gasteiger partial charge in [0.05, 0.1) is 19.3 Å². The van der Waals surface area contributed by atoms with Gasteiger partial charge in [0, 0.05) is 24.0 Å². The van der Waals surface area contributed by atoms with E-state index in [1.54, 1.807) is 0 Å². The Hall–Kier alpha value is -0.440. The zero-order valence-electron chi connectivity index (χ0n) is 15.1. The van der Waals surface area contributed by atoms with Crippen LogP contribution in [0.25, 0.3) is 0 Å². The van der Waals surface area contributed by atoms with E-state index in [4.69, 9.17) is 4.99 Å². The van der Waals surface area contributed by atoms with E-state index in [2.05, 4.69) is 54.5 Å². The standard InChI is InChI=1S/C17H31N5S.HI/c1-4-18-17(19-9-10-22-13-14(3)12-20-22)21-15-7-6-8-16(11-15)23-5-2;/h12-13,15-16H,4-11H2,1-3H3,(H2,18,19,21);1H. The van der Waals surface area contributed by atoms with Gasteiger partial charge in [-0.1, -0.05) is 13.3 Å². The molecule has 0 amide bonds. The van der Waals surface area contributed by atoms with Crippen LogP contribution < -0.4 is 10.6 Å². The molecule has 2 N–H and O–H groups in total. The molecule has 1 aromatic rings. The van der Waals surface area contributed by atoms with E-state index in [1.165, 1.54) is 37.0 Å². The predicted molar refractivity (Wildman–Crippen MR) is 116 cm³/mol. The fourth-order valence-electron chi connectivity index (χ4n) is 3.03. The summed E-state index contributed by atoms with van der Waals surface area (Å²) in [5, 5.41) is 12.1. The molecule has 24 heavy (non-hydrogen) atoms. The van der Waals surface area contributed by atoms with Crippen LogP contribution in [0.2, 0.25) is 0 Å². The van der Waals surface area contributed by atoms with Crippen molar-refractivity contribution in [1.29, 1.82) is 0 Å². The van der Waals surface area contributed by atoms with Gasteiger partial charge in [-0.3, -0.25) is 9.67 Å². The van der Waals surface area contributed by atoms with Gasteiger partial charge in [0.15, 0.2) is 5.96 Å². The highest BCUT2D eigenvalue weighted by Crippen LogP contribution is 2.28. The summed E-state index contributed by atoms with van der Waals surface area (Å²) in [5.74, 6) is 2.16. The molecule has 0 aromatic carbocycles. The summed E-state index contributed by atoms with van der Waals surface area (Å²) in [6, 6.07) is 0.553. The summed E-state index contributed by atoms with van der Waals surface area (Å²) >= 11 is 2.10. The number of nitrogens with zero attached hydrogens (tertiary/aromatic N) is 3. The number of hydrogen-bond acceptors (Lipinski definition) is 3. The van der Waals surface area contributed by atoms with Gasteiger partial charge >= 0.3 is 0 Å². The van der Waals surface area contributed by atoms with Crippen molar-refractivity contribution in [1.82, 2.24) is 20.4 Å². The van der Waals surface area contributed by atoms with Crippen LogP contribution in [0.4, 0.5) is 0 Å². The Morgan fingerprint density at radius 2 is 2.25 bits per heavy atom. The maximum Gasteiger partial charge on any atom is 0.191 e. The van der Waals surface area contributed by atoms with Gasteiger partial charge in [-0.2, -0.15) is 16.9 Å². The fourth-order valence-corrected chi connectivity index (χ4v) is 4.20. The summed E-state index contributed by atoms with van der Waals surface area (Å²) in [4.78, 5) is 4.71. The number of aromatic nitrogens is 2. The molecule has 2 unspecified atom stereocenters. The number of halogens is 1. The Morgan fingerprint density at radius 3 is 2.92 bits per heavy atom. The van der Waals surface area contributed by atoms with Gasteiger partial charge in [-0.15, -0.1) is 24.0 Å². The van der Waals surface area contributed by atoms with Gasteiger partial charge < -0.3 is 10.6 Å². The summed E-state index contributed by atoms with van der Waals surface area (Å²) in [5.41, 5.74) is 1.20. The molecule has 2 rings (SSSR count). The van der Waals surface area contributed by atoms with E-state index in [-0.39, 0.29) is 24.0 Å². The van der Waals surface area contributed by atoms with E-state index in [0.29, 0.717) is 6.04 Å². The average Bonchev–Trinajstić information content (AvgIpc) is 2.94. The summed E-state index contributed by atoms with van der Waals surface area (Å²) < 4.78 is 1.96. The zero-order chi connectivity index (χ0) is 16.5. The molecule has 5 nitrogen and oxygen atoms in total. The average molecular weight is 465 g/mol. The van der Waals surface area contributed by atoms with Crippen LogP contribution in [0, 0.1) is 6.92 Å². The number of aliphatic imine (C=N–C) groups is 1. The van der Waals surface area contributed by atoms with Crippen molar-refractivity contribution in [2.45, 2.75) is 64.3 Å². The van der Waals surface area contributed by atoms with Gasteiger partial charge in [-0.25, -0.2) is 0 Å². The lowest BCUT2D eigenvalue weighted by Gasteiger charge is -2.30. The van der Waals surface area contributed by atoms with E-state index in [9.17, 15) is 0 Å². The Labute approximate surface area is 167 Å². The maximum atomic E-state index is 4.71. The third-order valence-electron chi connectivity index (χ3n) is 4.07. The molecule has 1 heterocycles. The van der Waals surface area contributed by atoms with Crippen molar-refractivity contribution in [2.75, 3.05) is 18.8 Å². The first-order chi connectivity index (χ1) is 11.2. The molecule has 0 saturated heterocycles. The Balaban J connectivity index is 0.00000288. The molecule has 138 valence electrons. The Kier molecular flexibility index (Phi) is 10.8. The van der Waals surface area contributed by atoms with E-state index in [1.807, 2.05) is 10.9 Å². The van der Waals surface area contributed by atoms with Crippen LogP contribution in [0.3, 0.4) is 0 Å². The molecule has 1 fully saturated rings. The van der Waals surface area contributed by atoms with Gasteiger partial charge in [0.1, 0.15) is 0 Å². The molecule has 0 aliphatic heterocycles. The van der Waals surface area contributed by atoms with Crippen molar-refractivity contribution >= 4 is 41.7 Å². The number of nitrogens with one attached hydrogen (secondary N) is 2. The highest BCUT2D eigenvalue weighted by Gasteiger charge is 2.22. The quantitative estimate of drug-likeness (QED) is 0.368. The fraction of sp³-hybridized carbons (Fsp3) is 0.765. The molecule has 2 atom stereocenters. The molecular formula is C17H32IN5S. The lowest BCUT2D eigenvalue weighted by molar-refractivity contribution is 0.418. The minimum atomic E-state index is 0. The van der Waals surface area contributed by atoms with Crippen molar-refractivity contribution in [3.8, 4) is 0 Å². The largest absolute Gasteiger partial charge is 0.357 e. The number of guanidine groups is 1. The lowest BCUT2D eigenvalue weighted by atomic mass is 9.95. The van der Waals surface area contributed by atoms with Gasteiger partial charge in [0.2, 0.25) is 0 Å². The van der Waals surface area contributed by atoms with Crippen LogP contribution in [0.1, 0.15) is 45.1 Å². The van der Waals surface area contributed by atoms with Crippen molar-refractivity contribution in [3.63, 3.8) is 0 Å². The van der Waals surface area contributed by atoms with Gasteiger partial charge in [-0.05, 0) is 44.4 Å². The Bertz CT molecular complexity index is 489. The highest BCUT2D eigenvalue weighted by molar-refractivity contribution is 14.0. The molecule has 7 heteroatoms. The molecule has 0 bridgehead atoms. The topological polar surface area (TPSA) is 54.2 Å². The third kappa shape index (κ3) is 7.63. The molecule has 1 aliphatic carbocycles. The second kappa shape index (κ2) is 12.0. The van der Waals surface area contributed by atoms with Gasteiger partial charge in [0.25, 0.3) is 0 Å². The molecule has 1 aromatic heterocycles. The molecule has 1 saturated carbocycles. The van der Waals surface area contributed by atoms with Crippen LogP contribution in [0.5, 0.6) is 0 Å². The van der Waals surface area contributed by atoms with Crippen molar-refractivity contribution < 1.29 is 0 Å².